The highest BCUT2D eigenvalue weighted by Crippen LogP contribution is 2.60. The smallest absolute Gasteiger partial charge is 0.198 e. The number of alkyl halides is 4. The summed E-state index contributed by atoms with van der Waals surface area (Å²) in [5.74, 6) is -5.00. The van der Waals surface area contributed by atoms with Gasteiger partial charge in [-0.05, 0) is 25.7 Å². The minimum Gasteiger partial charge on any atom is -0.198 e. The van der Waals surface area contributed by atoms with Crippen molar-refractivity contribution in [3.63, 3.8) is 0 Å². The summed E-state index contributed by atoms with van der Waals surface area (Å²) in [6.45, 7) is 0. The van der Waals surface area contributed by atoms with Crippen molar-refractivity contribution in [1.82, 2.24) is 0 Å². The van der Waals surface area contributed by atoms with Gasteiger partial charge < -0.3 is 0 Å². The maximum atomic E-state index is 13.4. The summed E-state index contributed by atoms with van der Waals surface area (Å²) in [5.41, 5.74) is 0. The van der Waals surface area contributed by atoms with Crippen molar-refractivity contribution in [3.05, 3.63) is 12.2 Å². The fourth-order valence-corrected chi connectivity index (χ4v) is 3.61. The average Bonchev–Trinajstić information content (AvgIpc) is 2.22. The zero-order chi connectivity index (χ0) is 11.1. The maximum absolute atomic E-state index is 13.4. The molecule has 0 aromatic carbocycles. The van der Waals surface area contributed by atoms with Crippen molar-refractivity contribution >= 4 is 11.8 Å². The third kappa shape index (κ3) is 1.79. The number of fused-ring (bicyclic) bond motifs is 1. The highest BCUT2D eigenvalue weighted by Gasteiger charge is 2.69. The van der Waals surface area contributed by atoms with Crippen molar-refractivity contribution in [3.8, 4) is 0 Å². The number of hydrogen-bond donors (Lipinski definition) is 0. The molecule has 2 atom stereocenters. The van der Waals surface area contributed by atoms with Crippen LogP contribution in [-0.2, 0) is 0 Å². The Bertz CT molecular complexity index is 275. The first-order valence-corrected chi connectivity index (χ1v) is 5.91. The van der Waals surface area contributed by atoms with Crippen LogP contribution in [0.1, 0.15) is 25.7 Å². The Morgan fingerprint density at radius 3 is 2.27 bits per heavy atom. The Hall–Kier alpha value is -0.190. The number of halogens is 4. The van der Waals surface area contributed by atoms with Gasteiger partial charge in [-0.25, -0.2) is 0 Å². The first-order chi connectivity index (χ1) is 6.95. The van der Waals surface area contributed by atoms with E-state index in [1.807, 2.05) is 12.2 Å². The van der Waals surface area contributed by atoms with Crippen LogP contribution < -0.4 is 0 Å². The second-order valence-corrected chi connectivity index (χ2v) is 5.38. The lowest BCUT2D eigenvalue weighted by Gasteiger charge is -2.24. The molecule has 86 valence electrons. The zero-order valence-electron chi connectivity index (χ0n) is 8.06. The molecule has 0 N–H and O–H groups in total. The van der Waals surface area contributed by atoms with E-state index in [-0.39, 0.29) is 18.2 Å². The first-order valence-electron chi connectivity index (χ1n) is 5.03. The van der Waals surface area contributed by atoms with Crippen LogP contribution in [-0.4, -0.2) is 16.4 Å². The van der Waals surface area contributed by atoms with Gasteiger partial charge in [0.2, 0.25) is 0 Å². The lowest BCUT2D eigenvalue weighted by molar-refractivity contribution is -0.175. The van der Waals surface area contributed by atoms with Crippen LogP contribution in [0.3, 0.4) is 0 Å². The third-order valence-corrected chi connectivity index (χ3v) is 4.47. The quantitative estimate of drug-likeness (QED) is 0.454. The summed E-state index contributed by atoms with van der Waals surface area (Å²) in [4.78, 5) is 0. The topological polar surface area (TPSA) is 0 Å². The Labute approximate surface area is 90.1 Å². The second-order valence-electron chi connectivity index (χ2n) is 4.03. The van der Waals surface area contributed by atoms with Crippen LogP contribution in [0, 0.1) is 5.92 Å². The fourth-order valence-electron chi connectivity index (χ4n) is 2.20. The number of allylic oxidation sites excluding steroid dienone is 2. The lowest BCUT2D eigenvalue weighted by Crippen LogP contribution is -2.39. The van der Waals surface area contributed by atoms with Crippen LogP contribution in [0.5, 0.6) is 0 Å². The van der Waals surface area contributed by atoms with E-state index in [0.29, 0.717) is 19.3 Å². The minimum absolute atomic E-state index is 0.163. The van der Waals surface area contributed by atoms with Gasteiger partial charge in [0.15, 0.2) is 0 Å². The Kier molecular flexibility index (Phi) is 2.77. The molecule has 0 saturated carbocycles. The molecule has 0 nitrogen and oxygen atoms in total. The van der Waals surface area contributed by atoms with Crippen molar-refractivity contribution in [2.24, 2.45) is 5.92 Å². The molecule has 15 heavy (non-hydrogen) atoms. The molecule has 2 aliphatic rings. The van der Waals surface area contributed by atoms with Gasteiger partial charge in [0.1, 0.15) is 0 Å². The molecule has 1 fully saturated rings. The molecule has 1 saturated heterocycles. The summed E-state index contributed by atoms with van der Waals surface area (Å²) < 4.78 is 52.9. The Morgan fingerprint density at radius 1 is 1.00 bits per heavy atom. The summed E-state index contributed by atoms with van der Waals surface area (Å²) >= 11 is 0.164. The van der Waals surface area contributed by atoms with Crippen LogP contribution >= 0.6 is 11.8 Å². The van der Waals surface area contributed by atoms with Crippen LogP contribution in [0.4, 0.5) is 17.6 Å². The zero-order valence-corrected chi connectivity index (χ0v) is 8.87. The van der Waals surface area contributed by atoms with E-state index < -0.39 is 22.3 Å². The van der Waals surface area contributed by atoms with E-state index >= 15 is 0 Å². The first kappa shape index (κ1) is 11.3. The molecule has 0 unspecified atom stereocenters. The summed E-state index contributed by atoms with van der Waals surface area (Å²) in [6, 6.07) is 0. The maximum Gasteiger partial charge on any atom is 0.356 e. The minimum atomic E-state index is -3.88. The molecular formula is C10H12F4S. The van der Waals surface area contributed by atoms with Crippen molar-refractivity contribution in [2.45, 2.75) is 42.1 Å². The fraction of sp³-hybridized carbons (Fsp3) is 0.800. The van der Waals surface area contributed by atoms with Gasteiger partial charge in [-0.3, -0.25) is 0 Å². The largest absolute Gasteiger partial charge is 0.356 e. The van der Waals surface area contributed by atoms with Crippen LogP contribution in [0.2, 0.25) is 0 Å². The summed E-state index contributed by atoms with van der Waals surface area (Å²) in [7, 11) is 0. The van der Waals surface area contributed by atoms with Crippen LogP contribution in [0.15, 0.2) is 12.2 Å². The van der Waals surface area contributed by atoms with E-state index in [1.165, 1.54) is 0 Å². The molecule has 2 rings (SSSR count). The number of thioether (sulfide) groups is 1. The van der Waals surface area contributed by atoms with Crippen molar-refractivity contribution in [1.29, 1.82) is 0 Å². The molecule has 0 aromatic rings. The van der Waals surface area contributed by atoms with E-state index in [4.69, 9.17) is 0 Å². The third-order valence-electron chi connectivity index (χ3n) is 3.03. The van der Waals surface area contributed by atoms with E-state index in [1.54, 1.807) is 0 Å². The van der Waals surface area contributed by atoms with E-state index in [0.717, 1.165) is 0 Å². The van der Waals surface area contributed by atoms with Gasteiger partial charge in [-0.2, -0.15) is 17.6 Å². The van der Waals surface area contributed by atoms with E-state index in [9.17, 15) is 17.6 Å². The predicted molar refractivity (Wildman–Crippen MR) is 52.4 cm³/mol. The molecule has 0 aromatic heterocycles. The number of rotatable bonds is 0. The molecule has 1 aliphatic carbocycles. The van der Waals surface area contributed by atoms with Gasteiger partial charge in [0.05, 0.1) is 0 Å². The van der Waals surface area contributed by atoms with Gasteiger partial charge in [0, 0.05) is 11.2 Å². The number of hydrogen-bond acceptors (Lipinski definition) is 1. The molecule has 1 aliphatic heterocycles. The lowest BCUT2D eigenvalue weighted by atomic mass is 9.88. The average molecular weight is 240 g/mol. The Balaban J connectivity index is 2.23. The standard InChI is InChI=1S/C10H12F4S/c11-9(12)7-5-3-1-2-4-6-8(7)15-10(9,13)14/h1-2,7-8H,3-6H2/b2-1+/t7-,8+/m0/s1. The molecule has 5 heteroatoms. The highest BCUT2D eigenvalue weighted by atomic mass is 32.2. The molecule has 0 radical (unpaired) electrons. The molecule has 0 amide bonds. The van der Waals surface area contributed by atoms with E-state index in [2.05, 4.69) is 0 Å². The van der Waals surface area contributed by atoms with Gasteiger partial charge >= 0.3 is 11.2 Å². The SMILES string of the molecule is FC1(F)S[C@@H]2CC/C=C/CC[C@@H]2C1(F)F. The highest BCUT2D eigenvalue weighted by molar-refractivity contribution is 8.01. The van der Waals surface area contributed by atoms with Gasteiger partial charge in [0.25, 0.3) is 0 Å². The molecule has 0 bridgehead atoms. The van der Waals surface area contributed by atoms with Crippen molar-refractivity contribution < 1.29 is 17.6 Å². The molecule has 1 heterocycles. The Morgan fingerprint density at radius 2 is 1.60 bits per heavy atom. The monoisotopic (exact) mass is 240 g/mol. The van der Waals surface area contributed by atoms with Crippen LogP contribution in [0.25, 0.3) is 0 Å². The van der Waals surface area contributed by atoms with Crippen molar-refractivity contribution in [2.75, 3.05) is 0 Å². The van der Waals surface area contributed by atoms with Gasteiger partial charge in [-0.1, -0.05) is 23.9 Å². The molecular weight excluding hydrogens is 228 g/mol. The summed E-state index contributed by atoms with van der Waals surface area (Å²) in [6.07, 6.45) is 5.40. The predicted octanol–water partition coefficient (Wildman–Crippen LogP) is 4.08. The normalized spacial score (nSPS) is 40.3. The van der Waals surface area contributed by atoms with Gasteiger partial charge in [-0.15, -0.1) is 0 Å². The molecule has 0 spiro atoms. The second kappa shape index (κ2) is 3.68. The summed E-state index contributed by atoms with van der Waals surface area (Å²) in [5, 5.41) is -4.48.